The molecule has 138 valence electrons. The van der Waals surface area contributed by atoms with Crippen molar-refractivity contribution in [2.45, 2.75) is 38.9 Å². The smallest absolute Gasteiger partial charge is 0.191 e. The Morgan fingerprint density at radius 3 is 2.62 bits per heavy atom. The van der Waals surface area contributed by atoms with Gasteiger partial charge in [0.25, 0.3) is 0 Å². The Morgan fingerprint density at radius 1 is 1.12 bits per heavy atom. The van der Waals surface area contributed by atoms with Crippen LogP contribution in [-0.4, -0.2) is 41.5 Å². The summed E-state index contributed by atoms with van der Waals surface area (Å²) in [5, 5.41) is 6.81. The number of hydrogen-bond donors (Lipinski definition) is 2. The Bertz CT molecular complexity index is 739. The first kappa shape index (κ1) is 18.4. The maximum atomic E-state index is 4.34. The maximum Gasteiger partial charge on any atom is 0.191 e. The molecule has 0 radical (unpaired) electrons. The molecule has 0 saturated carbocycles. The van der Waals surface area contributed by atoms with E-state index in [0.29, 0.717) is 6.54 Å². The SMILES string of the molecule is CN=C(NCc1ccccn1)NCC(C)(C)N1CCc2ccccc2C1. The highest BCUT2D eigenvalue weighted by molar-refractivity contribution is 5.79. The fraction of sp³-hybridized carbons (Fsp3) is 0.429. The summed E-state index contributed by atoms with van der Waals surface area (Å²) in [6.45, 7) is 8.17. The third kappa shape index (κ3) is 4.61. The number of aliphatic imine (C=N–C) groups is 1. The fourth-order valence-electron chi connectivity index (χ4n) is 3.32. The minimum atomic E-state index is 0.0378. The number of rotatable bonds is 5. The molecule has 2 heterocycles. The summed E-state index contributed by atoms with van der Waals surface area (Å²) < 4.78 is 0. The van der Waals surface area contributed by atoms with Gasteiger partial charge in [0.15, 0.2) is 5.96 Å². The first-order chi connectivity index (χ1) is 12.6. The zero-order valence-corrected chi connectivity index (χ0v) is 16.0. The molecule has 1 aliphatic rings. The van der Waals surface area contributed by atoms with Crippen molar-refractivity contribution in [3.8, 4) is 0 Å². The van der Waals surface area contributed by atoms with Gasteiger partial charge in [-0.25, -0.2) is 0 Å². The fourth-order valence-corrected chi connectivity index (χ4v) is 3.32. The van der Waals surface area contributed by atoms with Crippen LogP contribution in [0.15, 0.2) is 53.7 Å². The normalized spacial score (nSPS) is 15.4. The lowest BCUT2D eigenvalue weighted by Crippen LogP contribution is -2.54. The summed E-state index contributed by atoms with van der Waals surface area (Å²) in [6.07, 6.45) is 2.93. The zero-order chi connectivity index (χ0) is 18.4. The van der Waals surface area contributed by atoms with E-state index in [0.717, 1.165) is 37.7 Å². The van der Waals surface area contributed by atoms with Gasteiger partial charge in [-0.05, 0) is 43.5 Å². The molecule has 0 unspecified atom stereocenters. The number of fused-ring (bicyclic) bond motifs is 1. The van der Waals surface area contributed by atoms with Crippen molar-refractivity contribution in [2.24, 2.45) is 4.99 Å². The molecular formula is C21H29N5. The predicted molar refractivity (Wildman–Crippen MR) is 107 cm³/mol. The van der Waals surface area contributed by atoms with Crippen molar-refractivity contribution < 1.29 is 0 Å². The summed E-state index contributed by atoms with van der Waals surface area (Å²) >= 11 is 0. The summed E-state index contributed by atoms with van der Waals surface area (Å²) in [5.41, 5.74) is 3.98. The van der Waals surface area contributed by atoms with Crippen LogP contribution in [0.3, 0.4) is 0 Å². The minimum Gasteiger partial charge on any atom is -0.355 e. The Kier molecular flexibility index (Phi) is 5.89. The van der Waals surface area contributed by atoms with Crippen LogP contribution in [0.4, 0.5) is 0 Å². The van der Waals surface area contributed by atoms with E-state index < -0.39 is 0 Å². The van der Waals surface area contributed by atoms with Gasteiger partial charge in [0.1, 0.15) is 0 Å². The average Bonchev–Trinajstić information content (AvgIpc) is 2.68. The zero-order valence-electron chi connectivity index (χ0n) is 16.0. The molecule has 0 bridgehead atoms. The van der Waals surface area contributed by atoms with Gasteiger partial charge in [-0.2, -0.15) is 0 Å². The van der Waals surface area contributed by atoms with E-state index >= 15 is 0 Å². The quantitative estimate of drug-likeness (QED) is 0.642. The van der Waals surface area contributed by atoms with Crippen LogP contribution in [-0.2, 0) is 19.5 Å². The molecule has 2 N–H and O–H groups in total. The number of nitrogens with zero attached hydrogens (tertiary/aromatic N) is 3. The Labute approximate surface area is 156 Å². The number of hydrogen-bond acceptors (Lipinski definition) is 3. The van der Waals surface area contributed by atoms with Crippen molar-refractivity contribution >= 4 is 5.96 Å². The van der Waals surface area contributed by atoms with Crippen LogP contribution in [0.25, 0.3) is 0 Å². The molecule has 0 atom stereocenters. The van der Waals surface area contributed by atoms with E-state index in [1.165, 1.54) is 11.1 Å². The van der Waals surface area contributed by atoms with Gasteiger partial charge in [-0.1, -0.05) is 30.3 Å². The molecule has 0 fully saturated rings. The van der Waals surface area contributed by atoms with E-state index in [1.54, 1.807) is 7.05 Å². The molecular weight excluding hydrogens is 322 g/mol. The van der Waals surface area contributed by atoms with Crippen LogP contribution < -0.4 is 10.6 Å². The van der Waals surface area contributed by atoms with Gasteiger partial charge in [0, 0.05) is 38.4 Å². The highest BCUT2D eigenvalue weighted by atomic mass is 15.2. The second-order valence-corrected chi connectivity index (χ2v) is 7.35. The number of pyridine rings is 1. The summed E-state index contributed by atoms with van der Waals surface area (Å²) in [6, 6.07) is 14.7. The van der Waals surface area contributed by atoms with Crippen molar-refractivity contribution in [3.05, 3.63) is 65.5 Å². The predicted octanol–water partition coefficient (Wildman–Crippen LogP) is 2.58. The number of guanidine groups is 1. The van der Waals surface area contributed by atoms with Gasteiger partial charge in [-0.3, -0.25) is 14.9 Å². The van der Waals surface area contributed by atoms with Gasteiger partial charge >= 0.3 is 0 Å². The van der Waals surface area contributed by atoms with Gasteiger partial charge < -0.3 is 10.6 Å². The van der Waals surface area contributed by atoms with E-state index in [2.05, 4.69) is 63.6 Å². The van der Waals surface area contributed by atoms with Crippen LogP contribution in [0, 0.1) is 0 Å². The largest absolute Gasteiger partial charge is 0.355 e. The lowest BCUT2D eigenvalue weighted by atomic mass is 9.94. The number of nitrogens with one attached hydrogen (secondary N) is 2. The topological polar surface area (TPSA) is 52.6 Å². The second kappa shape index (κ2) is 8.32. The number of aromatic nitrogens is 1. The highest BCUT2D eigenvalue weighted by Crippen LogP contribution is 2.24. The van der Waals surface area contributed by atoms with E-state index in [1.807, 2.05) is 24.4 Å². The summed E-state index contributed by atoms with van der Waals surface area (Å²) in [7, 11) is 1.80. The standard InChI is InChI=1S/C21H29N5/c1-21(2,26-13-11-17-8-4-5-9-18(17)15-26)16-25-20(22-3)24-14-19-10-6-7-12-23-19/h4-10,12H,11,13-16H2,1-3H3,(H2,22,24,25). The third-order valence-corrected chi connectivity index (χ3v) is 5.06. The van der Waals surface area contributed by atoms with Crippen LogP contribution in [0.2, 0.25) is 0 Å². The molecule has 3 rings (SSSR count). The third-order valence-electron chi connectivity index (χ3n) is 5.06. The van der Waals surface area contributed by atoms with Crippen molar-refractivity contribution in [1.29, 1.82) is 0 Å². The van der Waals surface area contributed by atoms with Gasteiger partial charge in [0.2, 0.25) is 0 Å². The molecule has 1 aromatic heterocycles. The Balaban J connectivity index is 1.54. The van der Waals surface area contributed by atoms with E-state index in [9.17, 15) is 0 Å². The molecule has 5 heteroatoms. The number of benzene rings is 1. The maximum absolute atomic E-state index is 4.34. The first-order valence-corrected chi connectivity index (χ1v) is 9.25. The molecule has 26 heavy (non-hydrogen) atoms. The highest BCUT2D eigenvalue weighted by Gasteiger charge is 2.29. The molecule has 0 saturated heterocycles. The van der Waals surface area contributed by atoms with Gasteiger partial charge in [0.05, 0.1) is 12.2 Å². The summed E-state index contributed by atoms with van der Waals surface area (Å²) in [4.78, 5) is 11.2. The van der Waals surface area contributed by atoms with Crippen molar-refractivity contribution in [3.63, 3.8) is 0 Å². The Morgan fingerprint density at radius 2 is 1.88 bits per heavy atom. The molecule has 1 aromatic carbocycles. The lowest BCUT2D eigenvalue weighted by molar-refractivity contribution is 0.107. The summed E-state index contributed by atoms with van der Waals surface area (Å²) in [5.74, 6) is 0.807. The molecule has 0 spiro atoms. The Hall–Kier alpha value is -2.40. The van der Waals surface area contributed by atoms with Crippen LogP contribution in [0.5, 0.6) is 0 Å². The molecule has 0 aliphatic carbocycles. The molecule has 1 aliphatic heterocycles. The molecule has 5 nitrogen and oxygen atoms in total. The van der Waals surface area contributed by atoms with Crippen LogP contribution in [0.1, 0.15) is 30.7 Å². The van der Waals surface area contributed by atoms with E-state index in [-0.39, 0.29) is 5.54 Å². The van der Waals surface area contributed by atoms with Crippen molar-refractivity contribution in [1.82, 2.24) is 20.5 Å². The average molecular weight is 351 g/mol. The second-order valence-electron chi connectivity index (χ2n) is 7.35. The first-order valence-electron chi connectivity index (χ1n) is 9.25. The van der Waals surface area contributed by atoms with Gasteiger partial charge in [-0.15, -0.1) is 0 Å². The lowest BCUT2D eigenvalue weighted by Gasteiger charge is -2.42. The minimum absolute atomic E-state index is 0.0378. The molecule has 2 aromatic rings. The monoisotopic (exact) mass is 351 g/mol. The molecule has 0 amide bonds. The van der Waals surface area contributed by atoms with Crippen LogP contribution >= 0.6 is 0 Å². The van der Waals surface area contributed by atoms with Crippen molar-refractivity contribution in [2.75, 3.05) is 20.1 Å². The van der Waals surface area contributed by atoms with E-state index in [4.69, 9.17) is 0 Å².